The van der Waals surface area contributed by atoms with E-state index in [1.807, 2.05) is 49.4 Å². The molecule has 3 atom stereocenters. The number of carbonyl (C=O) groups is 2. The van der Waals surface area contributed by atoms with Crippen molar-refractivity contribution in [2.75, 3.05) is 19.1 Å². The quantitative estimate of drug-likeness (QED) is 0.418. The molecule has 0 saturated carbocycles. The average Bonchev–Trinajstić information content (AvgIpc) is 3.28. The number of fused-ring (bicyclic) bond motifs is 2. The lowest BCUT2D eigenvalue weighted by atomic mass is 9.83. The molecule has 0 unspecified atom stereocenters. The topological polar surface area (TPSA) is 71.6 Å². The first kappa shape index (κ1) is 21.2. The van der Waals surface area contributed by atoms with E-state index >= 15 is 0 Å². The normalized spacial score (nSPS) is 22.0. The number of nitrogens with zero attached hydrogens (tertiary/aromatic N) is 1. The Morgan fingerprint density at radius 2 is 1.72 bits per heavy atom. The van der Waals surface area contributed by atoms with Crippen LogP contribution in [0.2, 0.25) is 0 Å². The number of thioether (sulfide) groups is 1. The number of carbonyl (C=O) groups excluding carboxylic acids is 2. The Balaban J connectivity index is 1.65. The second-order valence-electron chi connectivity index (χ2n) is 7.71. The third kappa shape index (κ3) is 3.27. The van der Waals surface area contributed by atoms with E-state index in [-0.39, 0.29) is 17.7 Å². The van der Waals surface area contributed by atoms with Gasteiger partial charge in [-0.3, -0.25) is 9.59 Å². The lowest BCUT2D eigenvalue weighted by Gasteiger charge is -2.30. The minimum atomic E-state index is -0.541. The van der Waals surface area contributed by atoms with Crippen LogP contribution in [0.5, 0.6) is 11.5 Å². The minimum Gasteiger partial charge on any atom is -0.493 e. The van der Waals surface area contributed by atoms with Crippen LogP contribution in [0.1, 0.15) is 21.9 Å². The molecule has 1 aromatic heterocycles. The van der Waals surface area contributed by atoms with Crippen molar-refractivity contribution in [3.63, 3.8) is 0 Å². The molecule has 1 fully saturated rings. The molecule has 32 heavy (non-hydrogen) atoms. The number of aryl methyl sites for hydroxylation is 1. The molecule has 164 valence electrons. The number of nitrogens with one attached hydrogen (secondary N) is 1. The largest absolute Gasteiger partial charge is 0.493 e. The van der Waals surface area contributed by atoms with E-state index in [0.29, 0.717) is 21.1 Å². The predicted molar refractivity (Wildman–Crippen MR) is 128 cm³/mol. The van der Waals surface area contributed by atoms with Crippen LogP contribution in [0.4, 0.5) is 5.69 Å². The van der Waals surface area contributed by atoms with Crippen LogP contribution in [0, 0.1) is 16.8 Å². The number of H-pyrrole nitrogens is 1. The van der Waals surface area contributed by atoms with Crippen LogP contribution in [-0.4, -0.2) is 36.3 Å². The Labute approximate surface area is 198 Å². The zero-order valence-electron chi connectivity index (χ0n) is 17.6. The molecule has 9 heteroatoms. The number of thiazole rings is 1. The van der Waals surface area contributed by atoms with Crippen molar-refractivity contribution >= 4 is 52.8 Å². The Hall–Kier alpha value is -2.62. The van der Waals surface area contributed by atoms with Gasteiger partial charge in [0.2, 0.25) is 11.8 Å². The molecule has 1 N–H and O–H groups in total. The van der Waals surface area contributed by atoms with E-state index in [0.717, 1.165) is 21.0 Å². The number of anilines is 1. The number of benzene rings is 2. The molecule has 2 amide bonds. The van der Waals surface area contributed by atoms with Crippen LogP contribution < -0.4 is 14.4 Å². The van der Waals surface area contributed by atoms with Gasteiger partial charge in [0.15, 0.2) is 15.5 Å². The molecule has 2 aromatic carbocycles. The molecular weight excluding hydrogens is 464 g/mol. The standard InChI is InChI=1S/C23H20N2O4S3/c1-11-4-7-13(8-5-11)25-21(26)17-16(12-6-9-14(28-2)15(10-12)29-3)18-20(24-23(30)32-18)31-19(17)22(25)27/h4-10,16-17,19H,1-3H3,(H,24,30)/t16-,17-,19-/m0/s1. The SMILES string of the molecule is COc1ccc([C@@H]2c3sc(=S)[nH]c3S[C@@H]3C(=O)N(c4ccc(C)cc4)C(=O)[C@@H]23)cc1OC. The smallest absolute Gasteiger partial charge is 0.248 e. The van der Waals surface area contributed by atoms with Crippen LogP contribution >= 0.6 is 35.3 Å². The summed E-state index contributed by atoms with van der Waals surface area (Å²) in [6.07, 6.45) is 0. The van der Waals surface area contributed by atoms with Gasteiger partial charge in [-0.25, -0.2) is 4.90 Å². The first-order chi connectivity index (χ1) is 15.4. The summed E-state index contributed by atoms with van der Waals surface area (Å²) < 4.78 is 11.5. The molecule has 0 spiro atoms. The van der Waals surface area contributed by atoms with Crippen LogP contribution in [0.3, 0.4) is 0 Å². The molecule has 3 heterocycles. The molecule has 2 aliphatic heterocycles. The maximum Gasteiger partial charge on any atom is 0.248 e. The number of rotatable bonds is 4. The van der Waals surface area contributed by atoms with Crippen molar-refractivity contribution < 1.29 is 19.1 Å². The lowest BCUT2D eigenvalue weighted by molar-refractivity contribution is -0.122. The molecule has 0 bridgehead atoms. The summed E-state index contributed by atoms with van der Waals surface area (Å²) in [6, 6.07) is 13.1. The highest BCUT2D eigenvalue weighted by atomic mass is 32.2. The fourth-order valence-electron chi connectivity index (χ4n) is 4.37. The highest BCUT2D eigenvalue weighted by Crippen LogP contribution is 2.54. The summed E-state index contributed by atoms with van der Waals surface area (Å²) in [6.45, 7) is 1.97. The second-order valence-corrected chi connectivity index (χ2v) is 10.6. The zero-order valence-corrected chi connectivity index (χ0v) is 20.0. The van der Waals surface area contributed by atoms with Crippen molar-refractivity contribution in [1.29, 1.82) is 0 Å². The number of aromatic nitrogens is 1. The highest BCUT2D eigenvalue weighted by Gasteiger charge is 2.56. The molecule has 1 saturated heterocycles. The van der Waals surface area contributed by atoms with Gasteiger partial charge in [0.1, 0.15) is 5.25 Å². The molecule has 0 aliphatic carbocycles. The van der Waals surface area contributed by atoms with Gasteiger partial charge >= 0.3 is 0 Å². The molecule has 2 aliphatic rings. The Morgan fingerprint density at radius 1 is 1.00 bits per heavy atom. The van der Waals surface area contributed by atoms with Crippen molar-refractivity contribution in [3.05, 3.63) is 62.4 Å². The summed E-state index contributed by atoms with van der Waals surface area (Å²) in [7, 11) is 3.16. The van der Waals surface area contributed by atoms with Crippen molar-refractivity contribution in [3.8, 4) is 11.5 Å². The van der Waals surface area contributed by atoms with E-state index in [4.69, 9.17) is 21.7 Å². The van der Waals surface area contributed by atoms with Crippen molar-refractivity contribution in [1.82, 2.24) is 4.98 Å². The van der Waals surface area contributed by atoms with E-state index in [1.54, 1.807) is 14.2 Å². The summed E-state index contributed by atoms with van der Waals surface area (Å²) in [5.41, 5.74) is 2.55. The van der Waals surface area contributed by atoms with Gasteiger partial charge in [-0.15, -0.1) is 11.3 Å². The van der Waals surface area contributed by atoms with Gasteiger partial charge in [-0.1, -0.05) is 35.5 Å². The van der Waals surface area contributed by atoms with Crippen molar-refractivity contribution in [2.45, 2.75) is 23.1 Å². The maximum absolute atomic E-state index is 13.7. The van der Waals surface area contributed by atoms with Gasteiger partial charge in [-0.2, -0.15) is 0 Å². The van der Waals surface area contributed by atoms with E-state index in [1.165, 1.54) is 28.0 Å². The number of amides is 2. The highest BCUT2D eigenvalue weighted by molar-refractivity contribution is 8.01. The van der Waals surface area contributed by atoms with E-state index in [2.05, 4.69) is 4.98 Å². The maximum atomic E-state index is 13.7. The van der Waals surface area contributed by atoms with Gasteiger partial charge in [0, 0.05) is 10.8 Å². The third-order valence-corrected chi connectivity index (χ3v) is 8.64. The van der Waals surface area contributed by atoms with Gasteiger partial charge in [0.05, 0.1) is 30.9 Å². The summed E-state index contributed by atoms with van der Waals surface area (Å²) in [5.74, 6) is -0.0685. The molecule has 5 rings (SSSR count). The molecular formula is C23H20N2O4S3. The Kier molecular flexibility index (Phi) is 5.35. The molecule has 0 radical (unpaired) electrons. The number of aromatic amines is 1. The molecule has 6 nitrogen and oxygen atoms in total. The fraction of sp³-hybridized carbons (Fsp3) is 0.261. The lowest BCUT2D eigenvalue weighted by Crippen LogP contribution is -2.32. The summed E-state index contributed by atoms with van der Waals surface area (Å²) in [5, 5.41) is 0.322. The number of ether oxygens (including phenoxy) is 2. The summed E-state index contributed by atoms with van der Waals surface area (Å²) in [4.78, 5) is 32.7. The first-order valence-electron chi connectivity index (χ1n) is 9.99. The number of hydrogen-bond acceptors (Lipinski definition) is 7. The predicted octanol–water partition coefficient (Wildman–Crippen LogP) is 4.93. The number of methoxy groups -OCH3 is 2. The summed E-state index contributed by atoms with van der Waals surface area (Å²) >= 11 is 8.25. The third-order valence-electron chi connectivity index (χ3n) is 5.88. The Morgan fingerprint density at radius 3 is 2.41 bits per heavy atom. The fourth-order valence-corrected chi connectivity index (χ4v) is 7.33. The zero-order chi connectivity index (χ0) is 22.6. The van der Waals surface area contributed by atoms with Crippen LogP contribution in [0.25, 0.3) is 0 Å². The van der Waals surface area contributed by atoms with Gasteiger partial charge < -0.3 is 14.5 Å². The van der Waals surface area contributed by atoms with Crippen LogP contribution in [0.15, 0.2) is 47.5 Å². The number of hydrogen-bond donors (Lipinski definition) is 1. The van der Waals surface area contributed by atoms with Crippen molar-refractivity contribution in [2.24, 2.45) is 5.92 Å². The monoisotopic (exact) mass is 484 g/mol. The van der Waals surface area contributed by atoms with Crippen LogP contribution in [-0.2, 0) is 9.59 Å². The first-order valence-corrected chi connectivity index (χ1v) is 12.1. The van der Waals surface area contributed by atoms with Gasteiger partial charge in [-0.05, 0) is 49.0 Å². The Bertz CT molecular complexity index is 1280. The minimum absolute atomic E-state index is 0.193. The van der Waals surface area contributed by atoms with E-state index in [9.17, 15) is 9.59 Å². The molecule has 3 aromatic rings. The average molecular weight is 485 g/mol. The second kappa shape index (κ2) is 8.06. The van der Waals surface area contributed by atoms with E-state index < -0.39 is 11.2 Å². The number of imide groups is 1. The van der Waals surface area contributed by atoms with Gasteiger partial charge in [0.25, 0.3) is 0 Å².